The number of nitrogens with zero attached hydrogens (tertiary/aromatic N) is 1. The quantitative estimate of drug-likeness (QED) is 0.0595. The second kappa shape index (κ2) is 21.4. The van der Waals surface area contributed by atoms with Crippen LogP contribution in [0, 0.1) is 6.92 Å². The Bertz CT molecular complexity index is 1360. The molecule has 0 aliphatic heterocycles. The van der Waals surface area contributed by atoms with Gasteiger partial charge in [0.1, 0.15) is 11.0 Å². The van der Waals surface area contributed by atoms with E-state index in [-0.39, 0.29) is 0 Å². The predicted octanol–water partition coefficient (Wildman–Crippen LogP) is 8.91. The second-order valence-electron chi connectivity index (χ2n) is 14.1. The fourth-order valence-electron chi connectivity index (χ4n) is 6.82. The lowest BCUT2D eigenvalue weighted by molar-refractivity contribution is 0.170. The van der Waals surface area contributed by atoms with Crippen LogP contribution in [-0.2, 0) is 17.4 Å². The molecule has 3 aromatic carbocycles. The van der Waals surface area contributed by atoms with Crippen LogP contribution in [0.2, 0.25) is 0 Å². The van der Waals surface area contributed by atoms with Gasteiger partial charge in [0.25, 0.3) is 0 Å². The van der Waals surface area contributed by atoms with Crippen LogP contribution in [0.25, 0.3) is 0 Å². The number of hydrogen-bond donors (Lipinski definition) is 4. The zero-order valence-electron chi connectivity index (χ0n) is 30.6. The molecule has 0 heterocycles. The monoisotopic (exact) mass is 676 g/mol. The van der Waals surface area contributed by atoms with Gasteiger partial charge in [-0.1, -0.05) is 93.1 Å². The number of aliphatic hydroxyl groups excluding tert-OH is 1. The van der Waals surface area contributed by atoms with Gasteiger partial charge in [-0.2, -0.15) is 0 Å². The van der Waals surface area contributed by atoms with E-state index in [1.807, 2.05) is 6.07 Å². The number of rotatable bonds is 23. The number of unbranched alkanes of at least 4 members (excludes halogenated alkanes) is 7. The molecule has 48 heavy (non-hydrogen) atoms. The summed E-state index contributed by atoms with van der Waals surface area (Å²) in [7, 11) is -1.21. The number of hydrogen-bond acceptors (Lipinski definition) is 5. The van der Waals surface area contributed by atoms with Gasteiger partial charge in [0.15, 0.2) is 0 Å². The molecule has 0 spiro atoms. The third kappa shape index (κ3) is 13.7. The molecule has 0 aliphatic rings. The van der Waals surface area contributed by atoms with Crippen molar-refractivity contribution in [3.05, 3.63) is 94.5 Å². The number of benzene rings is 3. The number of anilines is 2. The largest absolute Gasteiger partial charge is 0.397 e. The molecule has 0 amide bonds. The molecule has 3 unspecified atom stereocenters. The van der Waals surface area contributed by atoms with E-state index in [0.29, 0.717) is 35.9 Å². The van der Waals surface area contributed by atoms with E-state index in [1.54, 1.807) is 18.4 Å². The molecular weight excluding hydrogens is 613 g/mol. The van der Waals surface area contributed by atoms with Crippen molar-refractivity contribution in [2.75, 3.05) is 36.3 Å². The lowest BCUT2D eigenvalue weighted by Crippen LogP contribution is -2.38. The Balaban J connectivity index is 1.34. The van der Waals surface area contributed by atoms with Gasteiger partial charge in [-0.3, -0.25) is 4.90 Å². The Morgan fingerprint density at radius 3 is 2.10 bits per heavy atom. The molecule has 0 saturated heterocycles. The molecule has 3 atom stereocenters. The zero-order chi connectivity index (χ0) is 34.9. The van der Waals surface area contributed by atoms with Crippen LogP contribution in [0.15, 0.2) is 66.7 Å². The number of nitrogens with two attached hydrogens (primary N) is 1. The number of nitrogen functional groups attached to an aromatic ring is 1. The SMILES string of the molecule is Cc1ccc(CCCCCCCCCCNCC(O)c2ccc(N)c(NS(C)=O)c2)cc1C(CCN(C(C)C)C(C)C)c1ccccc1. The maximum Gasteiger partial charge on any atom is 0.114 e. The lowest BCUT2D eigenvalue weighted by atomic mass is 9.84. The summed E-state index contributed by atoms with van der Waals surface area (Å²) in [5.41, 5.74) is 13.6. The van der Waals surface area contributed by atoms with Crippen molar-refractivity contribution in [2.24, 2.45) is 0 Å². The Morgan fingerprint density at radius 2 is 1.46 bits per heavy atom. The minimum absolute atomic E-state index is 0.417. The van der Waals surface area contributed by atoms with Crippen molar-refractivity contribution in [1.82, 2.24) is 10.2 Å². The highest BCUT2D eigenvalue weighted by atomic mass is 32.2. The third-order valence-electron chi connectivity index (χ3n) is 9.55. The molecule has 0 aromatic heterocycles. The van der Waals surface area contributed by atoms with Gasteiger partial charge in [-0.05, 0) is 113 Å². The maximum atomic E-state index is 11.5. The predicted molar refractivity (Wildman–Crippen MR) is 208 cm³/mol. The first-order valence-corrected chi connectivity index (χ1v) is 19.9. The van der Waals surface area contributed by atoms with E-state index in [0.717, 1.165) is 37.9 Å². The van der Waals surface area contributed by atoms with Gasteiger partial charge in [-0.15, -0.1) is 0 Å². The van der Waals surface area contributed by atoms with Crippen molar-refractivity contribution < 1.29 is 9.32 Å². The minimum atomic E-state index is -1.21. The lowest BCUT2D eigenvalue weighted by Gasteiger charge is -2.32. The van der Waals surface area contributed by atoms with Gasteiger partial charge in [0.05, 0.1) is 17.5 Å². The first-order valence-electron chi connectivity index (χ1n) is 18.3. The summed E-state index contributed by atoms with van der Waals surface area (Å²) in [5.74, 6) is 0.417. The van der Waals surface area contributed by atoms with Crippen molar-refractivity contribution in [1.29, 1.82) is 0 Å². The smallest absolute Gasteiger partial charge is 0.114 e. The van der Waals surface area contributed by atoms with Gasteiger partial charge >= 0.3 is 0 Å². The fourth-order valence-corrected chi connectivity index (χ4v) is 7.31. The van der Waals surface area contributed by atoms with E-state index in [9.17, 15) is 9.32 Å². The molecule has 3 aromatic rings. The highest BCUT2D eigenvalue weighted by Gasteiger charge is 2.21. The third-order valence-corrected chi connectivity index (χ3v) is 10.1. The average molecular weight is 677 g/mol. The average Bonchev–Trinajstić information content (AvgIpc) is 3.05. The minimum Gasteiger partial charge on any atom is -0.397 e. The summed E-state index contributed by atoms with van der Waals surface area (Å²) in [5, 5.41) is 13.9. The zero-order valence-corrected chi connectivity index (χ0v) is 31.5. The van der Waals surface area contributed by atoms with Crippen molar-refractivity contribution in [3.63, 3.8) is 0 Å². The maximum absolute atomic E-state index is 11.5. The van der Waals surface area contributed by atoms with Crippen LogP contribution < -0.4 is 15.8 Å². The van der Waals surface area contributed by atoms with E-state index >= 15 is 0 Å². The van der Waals surface area contributed by atoms with Gasteiger partial charge < -0.3 is 20.9 Å². The van der Waals surface area contributed by atoms with Gasteiger partial charge in [-0.25, -0.2) is 4.21 Å². The van der Waals surface area contributed by atoms with Crippen LogP contribution >= 0.6 is 0 Å². The van der Waals surface area contributed by atoms with E-state index in [4.69, 9.17) is 5.73 Å². The van der Waals surface area contributed by atoms with Crippen LogP contribution in [0.3, 0.4) is 0 Å². The summed E-state index contributed by atoms with van der Waals surface area (Å²) in [6.45, 7) is 14.0. The summed E-state index contributed by atoms with van der Waals surface area (Å²) in [4.78, 5) is 2.62. The molecule has 6 nitrogen and oxygen atoms in total. The molecule has 0 radical (unpaired) electrons. The molecule has 0 saturated carbocycles. The summed E-state index contributed by atoms with van der Waals surface area (Å²) in [6, 6.07) is 24.8. The van der Waals surface area contributed by atoms with E-state index < -0.39 is 17.1 Å². The molecule has 0 fully saturated rings. The highest BCUT2D eigenvalue weighted by Crippen LogP contribution is 2.32. The highest BCUT2D eigenvalue weighted by molar-refractivity contribution is 7.85. The van der Waals surface area contributed by atoms with Gasteiger partial charge in [0.2, 0.25) is 0 Å². The van der Waals surface area contributed by atoms with Crippen LogP contribution in [0.4, 0.5) is 11.4 Å². The van der Waals surface area contributed by atoms with Crippen LogP contribution in [0.1, 0.15) is 125 Å². The molecule has 0 aliphatic carbocycles. The topological polar surface area (TPSA) is 90.6 Å². The summed E-state index contributed by atoms with van der Waals surface area (Å²) >= 11 is 0. The van der Waals surface area contributed by atoms with Crippen molar-refractivity contribution in [2.45, 2.75) is 123 Å². The number of aliphatic hydroxyl groups is 1. The number of nitrogens with one attached hydrogen (secondary N) is 2. The van der Waals surface area contributed by atoms with Crippen molar-refractivity contribution >= 4 is 22.4 Å². The molecule has 3 rings (SSSR count). The molecule has 266 valence electrons. The first-order chi connectivity index (χ1) is 23.1. The standard InChI is InChI=1S/C41H64N4O2S/c1-31(2)45(32(3)4)27-25-37(35-19-15-13-16-20-35)38-28-34(22-21-33(38)5)18-14-11-9-7-8-10-12-17-26-43-30-41(46)36-23-24-39(42)40(29-36)44-48(6)47/h13,15-16,19-24,28-29,31-32,37,41,43-44,46H,7-12,14,17-18,25-27,30,42H2,1-6H3. The second-order valence-corrected chi connectivity index (χ2v) is 15.2. The molecule has 7 heteroatoms. The number of aryl methyl sites for hydroxylation is 2. The molecule has 0 bridgehead atoms. The summed E-state index contributed by atoms with van der Waals surface area (Å²) < 4.78 is 14.3. The van der Waals surface area contributed by atoms with Crippen LogP contribution in [-0.4, -0.2) is 52.2 Å². The van der Waals surface area contributed by atoms with E-state index in [2.05, 4.69) is 98.1 Å². The molecule has 5 N–H and O–H groups in total. The molecular formula is C41H64N4O2S. The van der Waals surface area contributed by atoms with Crippen molar-refractivity contribution in [3.8, 4) is 0 Å². The first kappa shape index (κ1) is 39.7. The normalized spacial score (nSPS) is 13.7. The summed E-state index contributed by atoms with van der Waals surface area (Å²) in [6.07, 6.45) is 13.3. The van der Waals surface area contributed by atoms with Crippen LogP contribution in [0.5, 0.6) is 0 Å². The van der Waals surface area contributed by atoms with E-state index in [1.165, 1.54) is 67.2 Å². The fraction of sp³-hybridized carbons (Fsp3) is 0.561. The Kier molecular flexibility index (Phi) is 17.7. The Labute approximate surface area is 294 Å². The Morgan fingerprint density at radius 1 is 0.812 bits per heavy atom. The van der Waals surface area contributed by atoms with Gasteiger partial charge in [0, 0.05) is 30.8 Å². The Hall–Kier alpha value is -2.71.